The average Bonchev–Trinajstić information content (AvgIpc) is 2.23. The molecule has 0 aliphatic heterocycles. The molecule has 4 nitrogen and oxygen atoms in total. The molecule has 1 aromatic rings. The first-order chi connectivity index (χ1) is 7.13. The molecule has 0 fully saturated rings. The number of nitrogens with one attached hydrogen (secondary N) is 1. The number of hydrogen-bond donors (Lipinski definition) is 2. The summed E-state index contributed by atoms with van der Waals surface area (Å²) in [5.74, 6) is 0.716. The summed E-state index contributed by atoms with van der Waals surface area (Å²) in [6, 6.07) is 5.45. The van der Waals surface area contributed by atoms with Crippen molar-refractivity contribution in [1.82, 2.24) is 5.32 Å². The second-order valence-corrected chi connectivity index (χ2v) is 3.29. The molecule has 3 N–H and O–H groups in total. The molecule has 0 aliphatic carbocycles. The summed E-state index contributed by atoms with van der Waals surface area (Å²) in [4.78, 5) is 10.9. The van der Waals surface area contributed by atoms with Crippen molar-refractivity contribution in [3.8, 4) is 5.75 Å². The first-order valence-electron chi connectivity index (χ1n) is 4.83. The van der Waals surface area contributed by atoms with Gasteiger partial charge in [-0.1, -0.05) is 0 Å². The van der Waals surface area contributed by atoms with E-state index in [1.807, 2.05) is 13.0 Å². The van der Waals surface area contributed by atoms with E-state index in [2.05, 4.69) is 5.32 Å². The lowest BCUT2D eigenvalue weighted by Crippen LogP contribution is -2.20. The molecule has 82 valence electrons. The van der Waals surface area contributed by atoms with Crippen LogP contribution >= 0.6 is 0 Å². The Kier molecular flexibility index (Phi) is 3.97. The van der Waals surface area contributed by atoms with E-state index in [1.54, 1.807) is 19.2 Å². The van der Waals surface area contributed by atoms with Gasteiger partial charge in [-0.3, -0.25) is 4.79 Å². The van der Waals surface area contributed by atoms with Crippen LogP contribution in [0, 0.1) is 6.92 Å². The molecule has 0 unspecified atom stereocenters. The minimum absolute atomic E-state index is 0.0258. The predicted molar refractivity (Wildman–Crippen MR) is 59.8 cm³/mol. The molecule has 0 bridgehead atoms. The molecule has 1 amide bonds. The molecule has 1 rings (SSSR count). The molecule has 1 aromatic carbocycles. The van der Waals surface area contributed by atoms with Gasteiger partial charge in [0.05, 0.1) is 13.0 Å². The third kappa shape index (κ3) is 3.50. The minimum atomic E-state index is -0.0258. The largest absolute Gasteiger partial charge is 0.493 e. The smallest absolute Gasteiger partial charge is 0.223 e. The quantitative estimate of drug-likeness (QED) is 0.728. The third-order valence-electron chi connectivity index (χ3n) is 2.12. The van der Waals surface area contributed by atoms with Crippen LogP contribution in [0.15, 0.2) is 18.2 Å². The number of rotatable bonds is 4. The zero-order chi connectivity index (χ0) is 11.3. The van der Waals surface area contributed by atoms with Gasteiger partial charge in [0, 0.05) is 12.7 Å². The van der Waals surface area contributed by atoms with E-state index in [1.165, 1.54) is 0 Å². The summed E-state index contributed by atoms with van der Waals surface area (Å²) in [7, 11) is 1.61. The van der Waals surface area contributed by atoms with Gasteiger partial charge in [-0.25, -0.2) is 0 Å². The summed E-state index contributed by atoms with van der Waals surface area (Å²) in [5.41, 5.74) is 7.39. The molecule has 15 heavy (non-hydrogen) atoms. The van der Waals surface area contributed by atoms with E-state index in [0.29, 0.717) is 13.0 Å². The number of hydrogen-bond acceptors (Lipinski definition) is 3. The number of carbonyl (C=O) groups excluding carboxylic acids is 1. The number of aryl methyl sites for hydroxylation is 1. The van der Waals surface area contributed by atoms with Crippen LogP contribution in [0.5, 0.6) is 5.75 Å². The zero-order valence-electron chi connectivity index (χ0n) is 9.04. The summed E-state index contributed by atoms with van der Waals surface area (Å²) < 4.78 is 5.40. The molecule has 0 aromatic heterocycles. The van der Waals surface area contributed by atoms with E-state index in [9.17, 15) is 4.79 Å². The van der Waals surface area contributed by atoms with Crippen LogP contribution in [0.25, 0.3) is 0 Å². The summed E-state index contributed by atoms with van der Waals surface area (Å²) in [5, 5.41) is 2.53. The highest BCUT2D eigenvalue weighted by atomic mass is 16.5. The second kappa shape index (κ2) is 5.24. The molecule has 0 saturated heterocycles. The number of benzene rings is 1. The zero-order valence-corrected chi connectivity index (χ0v) is 9.04. The van der Waals surface area contributed by atoms with Gasteiger partial charge in [0.1, 0.15) is 5.75 Å². The van der Waals surface area contributed by atoms with Crippen LogP contribution in [0.3, 0.4) is 0 Å². The van der Waals surface area contributed by atoms with Crippen LogP contribution in [-0.2, 0) is 4.79 Å². The SMILES string of the molecule is CNC(=O)CCOc1ccc(N)c(C)c1. The van der Waals surface area contributed by atoms with Crippen LogP contribution in [0.2, 0.25) is 0 Å². The van der Waals surface area contributed by atoms with E-state index in [4.69, 9.17) is 10.5 Å². The maximum Gasteiger partial charge on any atom is 0.223 e. The molecule has 0 radical (unpaired) electrons. The maximum absolute atomic E-state index is 10.9. The van der Waals surface area contributed by atoms with Crippen molar-refractivity contribution in [1.29, 1.82) is 0 Å². The lowest BCUT2D eigenvalue weighted by atomic mass is 10.2. The molecule has 4 heteroatoms. The van der Waals surface area contributed by atoms with Gasteiger partial charge in [-0.15, -0.1) is 0 Å². The van der Waals surface area contributed by atoms with Crippen molar-refractivity contribution in [3.63, 3.8) is 0 Å². The Hall–Kier alpha value is -1.71. The van der Waals surface area contributed by atoms with Crippen molar-refractivity contribution >= 4 is 11.6 Å². The molecule has 0 heterocycles. The van der Waals surface area contributed by atoms with Crippen molar-refractivity contribution in [2.75, 3.05) is 19.4 Å². The molecule has 0 atom stereocenters. The number of nitrogens with two attached hydrogens (primary N) is 1. The molecule has 0 aliphatic rings. The predicted octanol–water partition coefficient (Wildman–Crippen LogP) is 1.09. The standard InChI is InChI=1S/C11H16N2O2/c1-8-7-9(3-4-10(8)12)15-6-5-11(14)13-2/h3-4,7H,5-6,12H2,1-2H3,(H,13,14). The normalized spacial score (nSPS) is 9.73. The van der Waals surface area contributed by atoms with Gasteiger partial charge in [0.15, 0.2) is 0 Å². The third-order valence-corrected chi connectivity index (χ3v) is 2.12. The highest BCUT2D eigenvalue weighted by Gasteiger charge is 2.00. The van der Waals surface area contributed by atoms with Crippen molar-refractivity contribution in [2.24, 2.45) is 0 Å². The lowest BCUT2D eigenvalue weighted by molar-refractivity contribution is -0.121. The first kappa shape index (κ1) is 11.4. The monoisotopic (exact) mass is 208 g/mol. The van der Waals surface area contributed by atoms with Crippen molar-refractivity contribution < 1.29 is 9.53 Å². The van der Waals surface area contributed by atoms with Crippen LogP contribution in [0.1, 0.15) is 12.0 Å². The van der Waals surface area contributed by atoms with Crippen molar-refractivity contribution in [3.05, 3.63) is 23.8 Å². The number of anilines is 1. The fourth-order valence-electron chi connectivity index (χ4n) is 1.12. The number of amides is 1. The maximum atomic E-state index is 10.9. The van der Waals surface area contributed by atoms with Crippen LogP contribution in [-0.4, -0.2) is 19.6 Å². The Morgan fingerprint density at radius 3 is 2.87 bits per heavy atom. The van der Waals surface area contributed by atoms with Crippen LogP contribution < -0.4 is 15.8 Å². The molecular weight excluding hydrogens is 192 g/mol. The highest BCUT2D eigenvalue weighted by molar-refractivity contribution is 5.75. The lowest BCUT2D eigenvalue weighted by Gasteiger charge is -2.07. The summed E-state index contributed by atoms with van der Waals surface area (Å²) >= 11 is 0. The second-order valence-electron chi connectivity index (χ2n) is 3.29. The Morgan fingerprint density at radius 1 is 1.53 bits per heavy atom. The van der Waals surface area contributed by atoms with Gasteiger partial charge in [0.2, 0.25) is 5.91 Å². The summed E-state index contributed by atoms with van der Waals surface area (Å²) in [6.45, 7) is 2.30. The number of ether oxygens (including phenoxy) is 1. The Morgan fingerprint density at radius 2 is 2.27 bits per heavy atom. The van der Waals surface area contributed by atoms with E-state index in [-0.39, 0.29) is 5.91 Å². The number of carbonyl (C=O) groups is 1. The topological polar surface area (TPSA) is 64.3 Å². The van der Waals surface area contributed by atoms with Gasteiger partial charge in [-0.2, -0.15) is 0 Å². The Bertz CT molecular complexity index is 350. The fraction of sp³-hybridized carbons (Fsp3) is 0.364. The molecule has 0 spiro atoms. The van der Waals surface area contributed by atoms with E-state index >= 15 is 0 Å². The van der Waals surface area contributed by atoms with E-state index in [0.717, 1.165) is 17.0 Å². The van der Waals surface area contributed by atoms with E-state index < -0.39 is 0 Å². The number of nitrogen functional groups attached to an aromatic ring is 1. The highest BCUT2D eigenvalue weighted by Crippen LogP contribution is 2.18. The van der Waals surface area contributed by atoms with Gasteiger partial charge in [-0.05, 0) is 30.7 Å². The van der Waals surface area contributed by atoms with Gasteiger partial charge < -0.3 is 15.8 Å². The minimum Gasteiger partial charge on any atom is -0.493 e. The Balaban J connectivity index is 2.44. The molecular formula is C11H16N2O2. The van der Waals surface area contributed by atoms with Crippen LogP contribution in [0.4, 0.5) is 5.69 Å². The first-order valence-corrected chi connectivity index (χ1v) is 4.83. The fourth-order valence-corrected chi connectivity index (χ4v) is 1.12. The average molecular weight is 208 g/mol. The van der Waals surface area contributed by atoms with Gasteiger partial charge >= 0.3 is 0 Å². The van der Waals surface area contributed by atoms with Gasteiger partial charge in [0.25, 0.3) is 0 Å². The Labute approximate surface area is 89.4 Å². The summed E-state index contributed by atoms with van der Waals surface area (Å²) in [6.07, 6.45) is 0.361. The van der Waals surface area contributed by atoms with Crippen molar-refractivity contribution in [2.45, 2.75) is 13.3 Å². The molecule has 0 saturated carbocycles.